The number of hydrogen-bond donors (Lipinski definition) is 2. The molecule has 1 atom stereocenters. The van der Waals surface area contributed by atoms with Gasteiger partial charge in [0.15, 0.2) is 5.60 Å². The normalized spacial score (nSPS) is 15.0. The summed E-state index contributed by atoms with van der Waals surface area (Å²) in [5.41, 5.74) is -1.76. The third-order valence-corrected chi connectivity index (χ3v) is 2.21. The second kappa shape index (κ2) is 5.69. The van der Waals surface area contributed by atoms with Crippen molar-refractivity contribution in [1.29, 1.82) is 5.26 Å². The Morgan fingerprint density at radius 1 is 1.60 bits per heavy atom. The van der Waals surface area contributed by atoms with Crippen molar-refractivity contribution < 1.29 is 15.0 Å². The first-order valence-corrected chi connectivity index (χ1v) is 4.88. The maximum absolute atomic E-state index is 10.7. The summed E-state index contributed by atoms with van der Waals surface area (Å²) in [6.07, 6.45) is 0.327. The molecule has 0 aliphatic rings. The highest BCUT2D eigenvalue weighted by Crippen LogP contribution is 2.10. The first-order valence-electron chi connectivity index (χ1n) is 4.88. The van der Waals surface area contributed by atoms with Crippen molar-refractivity contribution in [2.24, 2.45) is 0 Å². The fourth-order valence-electron chi connectivity index (χ4n) is 1.18. The van der Waals surface area contributed by atoms with Gasteiger partial charge in [0.1, 0.15) is 0 Å². The maximum Gasteiger partial charge on any atom is 0.336 e. The number of carboxylic acid groups (broad SMARTS) is 1. The summed E-state index contributed by atoms with van der Waals surface area (Å²) in [5, 5.41) is 26.8. The van der Waals surface area contributed by atoms with Crippen LogP contribution in [0, 0.1) is 11.3 Å². The molecule has 0 aliphatic carbocycles. The molecular weight excluding hydrogens is 196 g/mol. The zero-order valence-corrected chi connectivity index (χ0v) is 9.40. The van der Waals surface area contributed by atoms with Gasteiger partial charge in [-0.25, -0.2) is 4.79 Å². The topological polar surface area (TPSA) is 84.6 Å². The van der Waals surface area contributed by atoms with E-state index in [9.17, 15) is 9.90 Å². The van der Waals surface area contributed by atoms with Crippen molar-refractivity contribution in [2.45, 2.75) is 38.8 Å². The summed E-state index contributed by atoms with van der Waals surface area (Å²) in [6.45, 7) is 5.56. The Hall–Kier alpha value is -1.12. The second-order valence-electron chi connectivity index (χ2n) is 4.05. The molecule has 0 aromatic rings. The summed E-state index contributed by atoms with van der Waals surface area (Å²) in [6, 6.07) is 2.10. The van der Waals surface area contributed by atoms with E-state index in [1.165, 1.54) is 6.92 Å². The second-order valence-corrected chi connectivity index (χ2v) is 4.05. The van der Waals surface area contributed by atoms with Crippen LogP contribution in [0.1, 0.15) is 27.2 Å². The smallest absolute Gasteiger partial charge is 0.336 e. The number of rotatable bonds is 6. The minimum absolute atomic E-state index is 0.0294. The first-order chi connectivity index (χ1) is 6.81. The molecule has 0 rings (SSSR count). The molecule has 0 saturated carbocycles. The van der Waals surface area contributed by atoms with E-state index in [2.05, 4.69) is 0 Å². The Morgan fingerprint density at radius 2 is 2.13 bits per heavy atom. The average molecular weight is 214 g/mol. The minimum Gasteiger partial charge on any atom is -0.479 e. The third-order valence-electron chi connectivity index (χ3n) is 2.21. The van der Waals surface area contributed by atoms with E-state index in [1.807, 2.05) is 19.9 Å². The molecule has 0 aromatic carbocycles. The monoisotopic (exact) mass is 214 g/mol. The largest absolute Gasteiger partial charge is 0.479 e. The summed E-state index contributed by atoms with van der Waals surface area (Å²) < 4.78 is 0. The van der Waals surface area contributed by atoms with Gasteiger partial charge in [0.25, 0.3) is 0 Å². The van der Waals surface area contributed by atoms with Crippen LogP contribution in [0.25, 0.3) is 0 Å². The molecule has 0 heterocycles. The standard InChI is InChI=1S/C10H18N2O3/c1-8(2)12(6-4-5-11)7-10(3,15)9(13)14/h8,15H,4,6-7H2,1-3H3,(H,13,14). The van der Waals surface area contributed by atoms with E-state index >= 15 is 0 Å². The van der Waals surface area contributed by atoms with Crippen LogP contribution in [0.5, 0.6) is 0 Å². The number of aliphatic hydroxyl groups is 1. The highest BCUT2D eigenvalue weighted by atomic mass is 16.4. The Morgan fingerprint density at radius 3 is 2.47 bits per heavy atom. The van der Waals surface area contributed by atoms with Gasteiger partial charge in [0, 0.05) is 25.6 Å². The van der Waals surface area contributed by atoms with Crippen LogP contribution in [-0.4, -0.2) is 45.8 Å². The SMILES string of the molecule is CC(C)N(CCC#N)CC(C)(O)C(=O)O. The molecule has 0 fully saturated rings. The number of hydrogen-bond acceptors (Lipinski definition) is 4. The molecule has 0 saturated heterocycles. The van der Waals surface area contributed by atoms with Gasteiger partial charge in [-0.15, -0.1) is 0 Å². The molecule has 0 bridgehead atoms. The molecule has 0 radical (unpaired) electrons. The van der Waals surface area contributed by atoms with Gasteiger partial charge in [0.05, 0.1) is 6.07 Å². The summed E-state index contributed by atoms with van der Waals surface area (Å²) in [7, 11) is 0. The first kappa shape index (κ1) is 13.9. The summed E-state index contributed by atoms with van der Waals surface area (Å²) in [4.78, 5) is 12.5. The van der Waals surface area contributed by atoms with E-state index in [0.717, 1.165) is 0 Å². The molecule has 0 aliphatic heterocycles. The van der Waals surface area contributed by atoms with Crippen LogP contribution in [0.2, 0.25) is 0 Å². The van der Waals surface area contributed by atoms with Crippen LogP contribution < -0.4 is 0 Å². The third kappa shape index (κ3) is 4.77. The zero-order valence-electron chi connectivity index (χ0n) is 9.40. The highest BCUT2D eigenvalue weighted by molar-refractivity contribution is 5.76. The highest BCUT2D eigenvalue weighted by Gasteiger charge is 2.32. The summed E-state index contributed by atoms with van der Waals surface area (Å²) in [5.74, 6) is -1.25. The Labute approximate surface area is 89.9 Å². The van der Waals surface area contributed by atoms with Gasteiger partial charge in [-0.2, -0.15) is 5.26 Å². The van der Waals surface area contributed by atoms with Crippen molar-refractivity contribution in [2.75, 3.05) is 13.1 Å². The number of nitriles is 1. The van der Waals surface area contributed by atoms with Gasteiger partial charge in [-0.3, -0.25) is 4.90 Å². The lowest BCUT2D eigenvalue weighted by Crippen LogP contribution is -2.49. The van der Waals surface area contributed by atoms with Crippen LogP contribution in [0.3, 0.4) is 0 Å². The van der Waals surface area contributed by atoms with Gasteiger partial charge >= 0.3 is 5.97 Å². The predicted molar refractivity (Wildman–Crippen MR) is 55.2 cm³/mol. The number of carboxylic acids is 1. The number of nitrogens with zero attached hydrogens (tertiary/aromatic N) is 2. The molecular formula is C10H18N2O3. The molecule has 2 N–H and O–H groups in total. The lowest BCUT2D eigenvalue weighted by molar-refractivity contribution is -0.158. The fraction of sp³-hybridized carbons (Fsp3) is 0.800. The van der Waals surface area contributed by atoms with Crippen molar-refractivity contribution in [1.82, 2.24) is 4.90 Å². The van der Waals surface area contributed by atoms with E-state index in [-0.39, 0.29) is 12.6 Å². The van der Waals surface area contributed by atoms with E-state index < -0.39 is 11.6 Å². The molecule has 0 spiro atoms. The van der Waals surface area contributed by atoms with Crippen LogP contribution in [0.15, 0.2) is 0 Å². The maximum atomic E-state index is 10.7. The zero-order chi connectivity index (χ0) is 12.1. The molecule has 0 aromatic heterocycles. The van der Waals surface area contributed by atoms with E-state index in [0.29, 0.717) is 13.0 Å². The number of carbonyl (C=O) groups is 1. The lowest BCUT2D eigenvalue weighted by atomic mass is 10.1. The van der Waals surface area contributed by atoms with E-state index in [4.69, 9.17) is 10.4 Å². The average Bonchev–Trinajstić information content (AvgIpc) is 2.11. The van der Waals surface area contributed by atoms with Crippen LogP contribution >= 0.6 is 0 Å². The van der Waals surface area contributed by atoms with Crippen molar-refractivity contribution in [3.05, 3.63) is 0 Å². The summed E-state index contributed by atoms with van der Waals surface area (Å²) >= 11 is 0. The molecule has 0 amide bonds. The van der Waals surface area contributed by atoms with Crippen molar-refractivity contribution in [3.63, 3.8) is 0 Å². The van der Waals surface area contributed by atoms with Crippen molar-refractivity contribution in [3.8, 4) is 6.07 Å². The van der Waals surface area contributed by atoms with Crippen molar-refractivity contribution >= 4 is 5.97 Å². The fourth-order valence-corrected chi connectivity index (χ4v) is 1.18. The van der Waals surface area contributed by atoms with Crippen LogP contribution in [-0.2, 0) is 4.79 Å². The Kier molecular flexibility index (Phi) is 5.26. The molecule has 1 unspecified atom stereocenters. The molecule has 5 heteroatoms. The number of aliphatic carboxylic acids is 1. The van der Waals surface area contributed by atoms with E-state index in [1.54, 1.807) is 4.90 Å². The molecule has 15 heavy (non-hydrogen) atoms. The van der Waals surface area contributed by atoms with Gasteiger partial charge < -0.3 is 10.2 Å². The predicted octanol–water partition coefficient (Wildman–Crippen LogP) is 0.446. The van der Waals surface area contributed by atoms with Gasteiger partial charge in [0.2, 0.25) is 0 Å². The lowest BCUT2D eigenvalue weighted by Gasteiger charge is -2.31. The van der Waals surface area contributed by atoms with Gasteiger partial charge in [-0.1, -0.05) is 0 Å². The quantitative estimate of drug-likeness (QED) is 0.670. The Bertz CT molecular complexity index is 256. The molecule has 86 valence electrons. The Balaban J connectivity index is 4.41. The van der Waals surface area contributed by atoms with Gasteiger partial charge in [-0.05, 0) is 20.8 Å². The molecule has 5 nitrogen and oxygen atoms in total. The van der Waals surface area contributed by atoms with Crippen LogP contribution in [0.4, 0.5) is 0 Å². The minimum atomic E-state index is -1.76.